The van der Waals surface area contributed by atoms with E-state index < -0.39 is 12.0 Å². The lowest BCUT2D eigenvalue weighted by Gasteiger charge is -2.40. The largest absolute Gasteiger partial charge is 0.480 e. The predicted molar refractivity (Wildman–Crippen MR) is 96.5 cm³/mol. The molecule has 1 heterocycles. The summed E-state index contributed by atoms with van der Waals surface area (Å²) in [6.07, 6.45) is 2.65. The van der Waals surface area contributed by atoms with Gasteiger partial charge in [-0.15, -0.1) is 0 Å². The standard InChI is InChI=1S/C20H22ClNO2/c1-14-7-6-8-15(13-14)19(16-9-2-3-10-17(16)21)22-12-5-4-11-18(22)20(23)24/h2-3,6-10,13,18-19H,4-5,11-12H2,1H3,(H,23,24). The number of hydrogen-bond donors (Lipinski definition) is 1. The van der Waals surface area contributed by atoms with Gasteiger partial charge in [-0.2, -0.15) is 0 Å². The lowest BCUT2D eigenvalue weighted by atomic mass is 9.91. The van der Waals surface area contributed by atoms with E-state index in [0.717, 1.165) is 36.1 Å². The maximum absolute atomic E-state index is 11.8. The van der Waals surface area contributed by atoms with E-state index in [1.165, 1.54) is 0 Å². The summed E-state index contributed by atoms with van der Waals surface area (Å²) >= 11 is 6.48. The van der Waals surface area contributed by atoms with Crippen LogP contribution in [0.15, 0.2) is 48.5 Å². The maximum Gasteiger partial charge on any atom is 0.320 e. The predicted octanol–water partition coefficient (Wildman–Crippen LogP) is 4.68. The molecule has 24 heavy (non-hydrogen) atoms. The van der Waals surface area contributed by atoms with Gasteiger partial charge in [0.05, 0.1) is 6.04 Å². The highest BCUT2D eigenvalue weighted by atomic mass is 35.5. The molecule has 2 aromatic rings. The Balaban J connectivity index is 2.11. The topological polar surface area (TPSA) is 40.5 Å². The quantitative estimate of drug-likeness (QED) is 0.876. The van der Waals surface area contributed by atoms with Crippen molar-refractivity contribution in [3.05, 3.63) is 70.2 Å². The third kappa shape index (κ3) is 3.47. The molecule has 1 aliphatic heterocycles. The second kappa shape index (κ2) is 7.37. The van der Waals surface area contributed by atoms with Crippen molar-refractivity contribution in [3.63, 3.8) is 0 Å². The zero-order valence-electron chi connectivity index (χ0n) is 13.8. The number of carbonyl (C=O) groups is 1. The molecule has 3 nitrogen and oxygen atoms in total. The van der Waals surface area contributed by atoms with Crippen LogP contribution in [0.1, 0.15) is 42.0 Å². The molecule has 0 saturated carbocycles. The van der Waals surface area contributed by atoms with Crippen molar-refractivity contribution in [1.82, 2.24) is 4.90 Å². The maximum atomic E-state index is 11.8. The van der Waals surface area contributed by atoms with Crippen molar-refractivity contribution in [3.8, 4) is 0 Å². The van der Waals surface area contributed by atoms with Gasteiger partial charge < -0.3 is 5.11 Å². The first-order valence-corrected chi connectivity index (χ1v) is 8.75. The van der Waals surface area contributed by atoms with E-state index in [2.05, 4.69) is 30.0 Å². The summed E-state index contributed by atoms with van der Waals surface area (Å²) in [4.78, 5) is 13.9. The molecular weight excluding hydrogens is 322 g/mol. The number of rotatable bonds is 4. The van der Waals surface area contributed by atoms with Gasteiger partial charge in [0.25, 0.3) is 0 Å². The van der Waals surface area contributed by atoms with E-state index in [-0.39, 0.29) is 6.04 Å². The first-order valence-electron chi connectivity index (χ1n) is 8.37. The van der Waals surface area contributed by atoms with Gasteiger partial charge in [-0.1, -0.05) is 66.0 Å². The van der Waals surface area contributed by atoms with Gasteiger partial charge in [0.15, 0.2) is 0 Å². The molecule has 0 aromatic heterocycles. The molecule has 3 rings (SSSR count). The monoisotopic (exact) mass is 343 g/mol. The zero-order valence-corrected chi connectivity index (χ0v) is 14.5. The highest BCUT2D eigenvalue weighted by Crippen LogP contribution is 2.37. The van der Waals surface area contributed by atoms with Crippen LogP contribution in [0, 0.1) is 6.92 Å². The van der Waals surface area contributed by atoms with Crippen LogP contribution in [-0.4, -0.2) is 28.6 Å². The number of aliphatic carboxylic acids is 1. The fourth-order valence-corrected chi connectivity index (χ4v) is 3.85. The normalized spacial score (nSPS) is 19.8. The van der Waals surface area contributed by atoms with Crippen LogP contribution in [0.2, 0.25) is 5.02 Å². The van der Waals surface area contributed by atoms with Crippen LogP contribution in [0.5, 0.6) is 0 Å². The molecular formula is C20H22ClNO2. The second-order valence-corrected chi connectivity index (χ2v) is 6.83. The van der Waals surface area contributed by atoms with Crippen LogP contribution < -0.4 is 0 Å². The number of carboxylic acid groups (broad SMARTS) is 1. The van der Waals surface area contributed by atoms with E-state index >= 15 is 0 Å². The van der Waals surface area contributed by atoms with E-state index in [1.807, 2.05) is 30.3 Å². The van der Waals surface area contributed by atoms with Crippen molar-refractivity contribution in [1.29, 1.82) is 0 Å². The summed E-state index contributed by atoms with van der Waals surface area (Å²) in [5, 5.41) is 10.4. The fraction of sp³-hybridized carbons (Fsp3) is 0.350. The van der Waals surface area contributed by atoms with Crippen LogP contribution in [0.4, 0.5) is 0 Å². The summed E-state index contributed by atoms with van der Waals surface area (Å²) in [7, 11) is 0. The zero-order chi connectivity index (χ0) is 17.1. The van der Waals surface area contributed by atoms with Crippen LogP contribution in [-0.2, 0) is 4.79 Å². The van der Waals surface area contributed by atoms with Gasteiger partial charge in [0.1, 0.15) is 6.04 Å². The molecule has 0 amide bonds. The fourth-order valence-electron chi connectivity index (χ4n) is 3.61. The number of halogens is 1. The summed E-state index contributed by atoms with van der Waals surface area (Å²) in [5.74, 6) is -0.751. The van der Waals surface area contributed by atoms with E-state index in [0.29, 0.717) is 11.4 Å². The number of piperidine rings is 1. The number of carboxylic acids is 1. The third-order valence-corrected chi connectivity index (χ3v) is 5.06. The lowest BCUT2D eigenvalue weighted by molar-refractivity contribution is -0.145. The Morgan fingerprint density at radius 2 is 2.00 bits per heavy atom. The molecule has 1 fully saturated rings. The average Bonchev–Trinajstić information content (AvgIpc) is 2.57. The van der Waals surface area contributed by atoms with Crippen LogP contribution in [0.3, 0.4) is 0 Å². The van der Waals surface area contributed by atoms with Crippen molar-refractivity contribution >= 4 is 17.6 Å². The molecule has 4 heteroatoms. The van der Waals surface area contributed by atoms with Gasteiger partial charge in [-0.3, -0.25) is 9.69 Å². The van der Waals surface area contributed by atoms with Gasteiger partial charge >= 0.3 is 5.97 Å². The van der Waals surface area contributed by atoms with E-state index in [9.17, 15) is 9.90 Å². The van der Waals surface area contributed by atoms with Gasteiger partial charge in [-0.25, -0.2) is 0 Å². The lowest BCUT2D eigenvalue weighted by Crippen LogP contribution is -2.46. The van der Waals surface area contributed by atoms with Crippen LogP contribution >= 0.6 is 11.6 Å². The smallest absolute Gasteiger partial charge is 0.320 e. The van der Waals surface area contributed by atoms with Crippen molar-refractivity contribution in [2.45, 2.75) is 38.3 Å². The minimum absolute atomic E-state index is 0.139. The minimum Gasteiger partial charge on any atom is -0.480 e. The highest BCUT2D eigenvalue weighted by Gasteiger charge is 2.35. The molecule has 2 atom stereocenters. The average molecular weight is 344 g/mol. The SMILES string of the molecule is Cc1cccc(C(c2ccccc2Cl)N2CCCCC2C(=O)O)c1. The van der Waals surface area contributed by atoms with Gasteiger partial charge in [0, 0.05) is 5.02 Å². The molecule has 126 valence electrons. The summed E-state index contributed by atoms with van der Waals surface area (Å²) in [6.45, 7) is 2.82. The molecule has 0 radical (unpaired) electrons. The highest BCUT2D eigenvalue weighted by molar-refractivity contribution is 6.31. The molecule has 2 aromatic carbocycles. The summed E-state index contributed by atoms with van der Waals surface area (Å²) in [6, 6.07) is 15.4. The summed E-state index contributed by atoms with van der Waals surface area (Å²) in [5.41, 5.74) is 3.22. The van der Waals surface area contributed by atoms with Crippen LogP contribution in [0.25, 0.3) is 0 Å². The second-order valence-electron chi connectivity index (χ2n) is 6.43. The Labute approximate surface area is 147 Å². The molecule has 2 unspecified atom stereocenters. The van der Waals surface area contributed by atoms with Crippen molar-refractivity contribution < 1.29 is 9.90 Å². The van der Waals surface area contributed by atoms with Crippen molar-refractivity contribution in [2.75, 3.05) is 6.54 Å². The minimum atomic E-state index is -0.751. The molecule has 1 aliphatic rings. The number of nitrogens with zero attached hydrogens (tertiary/aromatic N) is 1. The van der Waals surface area contributed by atoms with Crippen molar-refractivity contribution in [2.24, 2.45) is 0 Å². The molecule has 0 aliphatic carbocycles. The Morgan fingerprint density at radius 3 is 2.71 bits per heavy atom. The molecule has 0 bridgehead atoms. The molecule has 0 spiro atoms. The number of likely N-dealkylation sites (tertiary alicyclic amines) is 1. The van der Waals surface area contributed by atoms with Gasteiger partial charge in [-0.05, 0) is 43.5 Å². The molecule has 1 saturated heterocycles. The Morgan fingerprint density at radius 1 is 1.21 bits per heavy atom. The van der Waals surface area contributed by atoms with E-state index in [4.69, 9.17) is 11.6 Å². The first-order chi connectivity index (χ1) is 11.6. The van der Waals surface area contributed by atoms with Gasteiger partial charge in [0.2, 0.25) is 0 Å². The number of benzene rings is 2. The van der Waals surface area contributed by atoms with E-state index in [1.54, 1.807) is 0 Å². The Bertz CT molecular complexity index is 731. The summed E-state index contributed by atoms with van der Waals surface area (Å²) < 4.78 is 0. The molecule has 1 N–H and O–H groups in total. The number of hydrogen-bond acceptors (Lipinski definition) is 2. The third-order valence-electron chi connectivity index (χ3n) is 4.72. The number of aryl methyl sites for hydroxylation is 1. The Hall–Kier alpha value is -1.84. The Kier molecular flexibility index (Phi) is 5.22. The first kappa shape index (κ1) is 17.0.